The third-order valence-corrected chi connectivity index (χ3v) is 5.16. The monoisotopic (exact) mass is 443 g/mol. The Morgan fingerprint density at radius 1 is 0.970 bits per heavy atom. The normalized spacial score (nSPS) is 11.6. The molecule has 0 saturated carbocycles. The van der Waals surface area contributed by atoms with Crippen LogP contribution in [0.5, 0.6) is 0 Å². The summed E-state index contributed by atoms with van der Waals surface area (Å²) in [4.78, 5) is 25.9. The average Bonchev–Trinajstić information content (AvgIpc) is 2.83. The van der Waals surface area contributed by atoms with E-state index in [-0.39, 0.29) is 5.69 Å². The molecule has 0 amide bonds. The van der Waals surface area contributed by atoms with Gasteiger partial charge in [0.2, 0.25) is 0 Å². The van der Waals surface area contributed by atoms with Crippen LogP contribution in [-0.4, -0.2) is 19.5 Å². The van der Waals surface area contributed by atoms with Gasteiger partial charge < -0.3 is 0 Å². The molecule has 0 unspecified atom stereocenters. The second kappa shape index (κ2) is 7.53. The molecule has 160 valence electrons. The lowest BCUT2D eigenvalue weighted by molar-refractivity contribution is -0.137. The van der Waals surface area contributed by atoms with Crippen molar-refractivity contribution in [3.05, 3.63) is 94.7 Å². The summed E-state index contributed by atoms with van der Waals surface area (Å²) in [6.07, 6.45) is -0.0430. The molecule has 0 aliphatic heterocycles. The molecule has 0 aliphatic carbocycles. The summed E-state index contributed by atoms with van der Waals surface area (Å²) in [6, 6.07) is 14.4. The van der Waals surface area contributed by atoms with Crippen LogP contribution in [0.3, 0.4) is 0 Å². The molecule has 0 fully saturated rings. The quantitative estimate of drug-likeness (QED) is 0.363. The molecule has 1 aromatic carbocycles. The number of benzene rings is 1. The first-order chi connectivity index (χ1) is 15.8. The Morgan fingerprint density at radius 2 is 1.82 bits per heavy atom. The van der Waals surface area contributed by atoms with Crippen molar-refractivity contribution in [3.63, 3.8) is 0 Å². The fraction of sp³-hybridized carbons (Fsp3) is 0.0417. The smallest absolute Gasteiger partial charge is 0.275 e. The number of aromatic nitrogens is 4. The number of hydrogen-bond donors (Lipinski definition) is 0. The lowest BCUT2D eigenvalue weighted by Gasteiger charge is -2.14. The van der Waals surface area contributed by atoms with Crippen molar-refractivity contribution < 1.29 is 13.2 Å². The number of alkyl halides is 3. The molecule has 33 heavy (non-hydrogen) atoms. The zero-order valence-corrected chi connectivity index (χ0v) is 16.7. The van der Waals surface area contributed by atoms with E-state index < -0.39 is 17.3 Å². The molecule has 0 bridgehead atoms. The van der Waals surface area contributed by atoms with E-state index in [1.807, 2.05) is 6.07 Å². The molecule has 5 rings (SSSR count). The largest absolute Gasteiger partial charge is 0.416 e. The number of rotatable bonds is 2. The van der Waals surface area contributed by atoms with Crippen LogP contribution in [0, 0.1) is 11.3 Å². The minimum Gasteiger partial charge on any atom is -0.275 e. The van der Waals surface area contributed by atoms with E-state index in [0.29, 0.717) is 38.8 Å². The highest BCUT2D eigenvalue weighted by Gasteiger charge is 2.30. The van der Waals surface area contributed by atoms with Crippen LogP contribution in [-0.2, 0) is 6.18 Å². The Kier molecular flexibility index (Phi) is 4.64. The maximum absolute atomic E-state index is 13.3. The maximum atomic E-state index is 13.3. The van der Waals surface area contributed by atoms with Gasteiger partial charge in [-0.3, -0.25) is 19.3 Å². The number of halogens is 3. The van der Waals surface area contributed by atoms with Gasteiger partial charge in [0.25, 0.3) is 5.56 Å². The van der Waals surface area contributed by atoms with Crippen LogP contribution in [0.15, 0.2) is 78.0 Å². The third kappa shape index (κ3) is 3.57. The number of pyridine rings is 4. The predicted octanol–water partition coefficient (Wildman–Crippen LogP) is 4.89. The highest BCUT2D eigenvalue weighted by atomic mass is 19.4. The Labute approximate surface area is 184 Å². The molecule has 0 aliphatic rings. The van der Waals surface area contributed by atoms with Crippen molar-refractivity contribution in [2.45, 2.75) is 6.18 Å². The van der Waals surface area contributed by atoms with Crippen LogP contribution in [0.1, 0.15) is 11.1 Å². The molecule has 0 radical (unpaired) electrons. The highest BCUT2D eigenvalue weighted by Crippen LogP contribution is 2.32. The Hall–Kier alpha value is -4.58. The van der Waals surface area contributed by atoms with Crippen molar-refractivity contribution >= 4 is 21.9 Å². The first kappa shape index (κ1) is 20.3. The minimum atomic E-state index is -4.56. The standard InChI is InChI=1S/C24H12F3N5O/c25-24(26,27)17-2-1-3-18(9-17)32-21(33)7-4-15-13-30-20-6-5-19(31-22(20)23(15)32)16-8-14(10-28)11-29-12-16/h1-9,11-13H. The van der Waals surface area contributed by atoms with Gasteiger partial charge in [-0.25, -0.2) is 4.98 Å². The topological polar surface area (TPSA) is 84.5 Å². The van der Waals surface area contributed by atoms with Gasteiger partial charge in [0.05, 0.1) is 27.9 Å². The van der Waals surface area contributed by atoms with Crippen molar-refractivity contribution in [1.82, 2.24) is 19.5 Å². The molecule has 0 spiro atoms. The van der Waals surface area contributed by atoms with Gasteiger partial charge in [-0.05, 0) is 42.5 Å². The second-order valence-corrected chi connectivity index (χ2v) is 7.26. The summed E-state index contributed by atoms with van der Waals surface area (Å²) in [5.74, 6) is 0. The van der Waals surface area contributed by atoms with E-state index in [9.17, 15) is 18.0 Å². The summed E-state index contributed by atoms with van der Waals surface area (Å²) in [5.41, 5.74) is 1.23. The number of nitriles is 1. The second-order valence-electron chi connectivity index (χ2n) is 7.26. The van der Waals surface area contributed by atoms with E-state index in [0.717, 1.165) is 12.1 Å². The number of hydrogen-bond acceptors (Lipinski definition) is 5. The van der Waals surface area contributed by atoms with Crippen LogP contribution in [0.2, 0.25) is 0 Å². The third-order valence-electron chi connectivity index (χ3n) is 5.16. The molecular weight excluding hydrogens is 431 g/mol. The van der Waals surface area contributed by atoms with Crippen LogP contribution < -0.4 is 5.56 Å². The number of fused-ring (bicyclic) bond motifs is 3. The summed E-state index contributed by atoms with van der Waals surface area (Å²) in [5, 5.41) is 9.69. The van der Waals surface area contributed by atoms with Gasteiger partial charge in [0.15, 0.2) is 0 Å². The Morgan fingerprint density at radius 3 is 2.61 bits per heavy atom. The zero-order valence-electron chi connectivity index (χ0n) is 16.7. The van der Waals surface area contributed by atoms with Crippen molar-refractivity contribution in [2.24, 2.45) is 0 Å². The fourth-order valence-electron chi connectivity index (χ4n) is 3.65. The first-order valence-corrected chi connectivity index (χ1v) is 9.70. The predicted molar refractivity (Wildman–Crippen MR) is 116 cm³/mol. The lowest BCUT2D eigenvalue weighted by atomic mass is 10.1. The molecule has 0 atom stereocenters. The van der Waals surface area contributed by atoms with Gasteiger partial charge >= 0.3 is 6.18 Å². The molecule has 9 heteroatoms. The van der Waals surface area contributed by atoms with Crippen LogP contribution in [0.25, 0.3) is 38.9 Å². The van der Waals surface area contributed by atoms with Gasteiger partial charge in [0, 0.05) is 41.3 Å². The molecule has 5 aromatic rings. The number of nitrogens with zero attached hydrogens (tertiary/aromatic N) is 5. The summed E-state index contributed by atoms with van der Waals surface area (Å²) in [7, 11) is 0. The van der Waals surface area contributed by atoms with Gasteiger partial charge in [-0.2, -0.15) is 18.4 Å². The summed E-state index contributed by atoms with van der Waals surface area (Å²) < 4.78 is 41.1. The molecule has 0 saturated heterocycles. The Balaban J connectivity index is 1.84. The SMILES string of the molecule is N#Cc1cncc(-c2ccc3ncc4ccc(=O)n(-c5cccc(C(F)(F)F)c5)c4c3n2)c1. The van der Waals surface area contributed by atoms with Gasteiger partial charge in [0.1, 0.15) is 11.6 Å². The highest BCUT2D eigenvalue weighted by molar-refractivity contribution is 6.02. The molecule has 6 nitrogen and oxygen atoms in total. The average molecular weight is 443 g/mol. The van der Waals surface area contributed by atoms with Crippen molar-refractivity contribution in [1.29, 1.82) is 5.26 Å². The fourth-order valence-corrected chi connectivity index (χ4v) is 3.65. The van der Waals surface area contributed by atoms with Crippen molar-refractivity contribution in [2.75, 3.05) is 0 Å². The van der Waals surface area contributed by atoms with E-state index >= 15 is 0 Å². The van der Waals surface area contributed by atoms with E-state index in [2.05, 4.69) is 15.0 Å². The minimum absolute atomic E-state index is 0.0632. The summed E-state index contributed by atoms with van der Waals surface area (Å²) >= 11 is 0. The lowest BCUT2D eigenvalue weighted by Crippen LogP contribution is -2.18. The maximum Gasteiger partial charge on any atom is 0.416 e. The van der Waals surface area contributed by atoms with E-state index in [4.69, 9.17) is 5.26 Å². The summed E-state index contributed by atoms with van der Waals surface area (Å²) in [6.45, 7) is 0. The van der Waals surface area contributed by atoms with E-state index in [1.165, 1.54) is 29.0 Å². The molecule has 0 N–H and O–H groups in total. The first-order valence-electron chi connectivity index (χ1n) is 9.70. The zero-order chi connectivity index (χ0) is 23.2. The molecule has 4 aromatic heterocycles. The molecule has 4 heterocycles. The van der Waals surface area contributed by atoms with Gasteiger partial charge in [-0.1, -0.05) is 6.07 Å². The van der Waals surface area contributed by atoms with E-state index in [1.54, 1.807) is 36.7 Å². The van der Waals surface area contributed by atoms with Crippen molar-refractivity contribution in [3.8, 4) is 23.0 Å². The Bertz CT molecular complexity index is 1650. The molecular formula is C24H12F3N5O. The van der Waals surface area contributed by atoms with Crippen LogP contribution in [0.4, 0.5) is 13.2 Å². The van der Waals surface area contributed by atoms with Crippen LogP contribution >= 0.6 is 0 Å². The van der Waals surface area contributed by atoms with Gasteiger partial charge in [-0.15, -0.1) is 0 Å².